The van der Waals surface area contributed by atoms with Crippen molar-refractivity contribution in [2.75, 3.05) is 18.3 Å². The van der Waals surface area contributed by atoms with Gasteiger partial charge in [0, 0.05) is 11.6 Å². The fourth-order valence-electron chi connectivity index (χ4n) is 1.47. The molecule has 1 aromatic carbocycles. The zero-order chi connectivity index (χ0) is 15.6. The van der Waals surface area contributed by atoms with E-state index in [1.54, 1.807) is 7.05 Å². The molecule has 0 aliphatic carbocycles. The maximum Gasteiger partial charge on any atom is 0.416 e. The highest BCUT2D eigenvalue weighted by Gasteiger charge is 2.31. The topological polar surface area (TPSA) is 58.2 Å². The molecule has 0 amide bonds. The van der Waals surface area contributed by atoms with Gasteiger partial charge >= 0.3 is 6.18 Å². The average Bonchev–Trinajstić information content (AvgIpc) is 2.26. The van der Waals surface area contributed by atoms with Gasteiger partial charge in [0.05, 0.1) is 16.5 Å². The van der Waals surface area contributed by atoms with Gasteiger partial charge < -0.3 is 5.32 Å². The molecule has 1 atom stereocenters. The largest absolute Gasteiger partial charge is 0.416 e. The summed E-state index contributed by atoms with van der Waals surface area (Å²) in [5, 5.41) is 1.68. The molecule has 0 spiro atoms. The number of hydrogen-bond acceptors (Lipinski definition) is 3. The number of nitrogens with one attached hydrogen (secondary N) is 2. The predicted octanol–water partition coefficient (Wildman–Crippen LogP) is 2.71. The molecular formula is C11H14ClF3N2O2S. The minimum absolute atomic E-state index is 0.169. The van der Waals surface area contributed by atoms with Crippen LogP contribution in [0.25, 0.3) is 0 Å². The Labute approximate surface area is 120 Å². The van der Waals surface area contributed by atoms with Crippen molar-refractivity contribution >= 4 is 27.3 Å². The highest BCUT2D eigenvalue weighted by Crippen LogP contribution is 2.33. The number of alkyl halides is 3. The van der Waals surface area contributed by atoms with Gasteiger partial charge in [0.15, 0.2) is 0 Å². The van der Waals surface area contributed by atoms with Gasteiger partial charge in [-0.3, -0.25) is 4.72 Å². The first kappa shape index (κ1) is 17.1. The summed E-state index contributed by atoms with van der Waals surface area (Å²) in [6.07, 6.45) is -4.60. The first-order valence-electron chi connectivity index (χ1n) is 5.60. The quantitative estimate of drug-likeness (QED) is 0.872. The van der Waals surface area contributed by atoms with E-state index in [0.29, 0.717) is 6.07 Å². The van der Waals surface area contributed by atoms with Crippen LogP contribution in [0.5, 0.6) is 0 Å². The molecule has 0 aromatic heterocycles. The standard InChI is InChI=1S/C11H14ClF3N2O2S/c1-7(6-16-2)20(18,19)17-10-4-8(11(13,14)15)3-9(12)5-10/h3-5,7,16-17H,6H2,1-2H3. The highest BCUT2D eigenvalue weighted by molar-refractivity contribution is 7.93. The van der Waals surface area contributed by atoms with Crippen molar-refractivity contribution < 1.29 is 21.6 Å². The molecule has 1 aromatic rings. The van der Waals surface area contributed by atoms with Gasteiger partial charge in [-0.2, -0.15) is 13.2 Å². The molecule has 0 saturated carbocycles. The van der Waals surface area contributed by atoms with Gasteiger partial charge in [-0.15, -0.1) is 0 Å². The molecule has 2 N–H and O–H groups in total. The van der Waals surface area contributed by atoms with Gasteiger partial charge in [-0.1, -0.05) is 11.6 Å². The molecule has 0 aliphatic heterocycles. The highest BCUT2D eigenvalue weighted by atomic mass is 35.5. The Morgan fingerprint density at radius 1 is 1.30 bits per heavy atom. The Kier molecular flexibility index (Phi) is 5.28. The summed E-state index contributed by atoms with van der Waals surface area (Å²) in [4.78, 5) is 0. The van der Waals surface area contributed by atoms with Crippen molar-refractivity contribution in [2.24, 2.45) is 0 Å². The van der Waals surface area contributed by atoms with Gasteiger partial charge in [-0.05, 0) is 32.2 Å². The number of anilines is 1. The number of benzene rings is 1. The van der Waals surface area contributed by atoms with Crippen LogP contribution in [0.15, 0.2) is 18.2 Å². The van der Waals surface area contributed by atoms with E-state index >= 15 is 0 Å². The van der Waals surface area contributed by atoms with Crippen LogP contribution in [0.4, 0.5) is 18.9 Å². The summed E-state index contributed by atoms with van der Waals surface area (Å²) >= 11 is 5.58. The Morgan fingerprint density at radius 2 is 1.90 bits per heavy atom. The Morgan fingerprint density at radius 3 is 2.40 bits per heavy atom. The van der Waals surface area contributed by atoms with Crippen LogP contribution >= 0.6 is 11.6 Å². The zero-order valence-corrected chi connectivity index (χ0v) is 12.3. The zero-order valence-electron chi connectivity index (χ0n) is 10.8. The summed E-state index contributed by atoms with van der Waals surface area (Å²) in [5.74, 6) is 0. The van der Waals surface area contributed by atoms with E-state index in [1.165, 1.54) is 6.92 Å². The molecule has 1 rings (SSSR count). The molecule has 20 heavy (non-hydrogen) atoms. The number of sulfonamides is 1. The first-order chi connectivity index (χ1) is 9.06. The molecule has 0 fully saturated rings. The van der Waals surface area contributed by atoms with Crippen LogP contribution in [-0.4, -0.2) is 27.3 Å². The maximum absolute atomic E-state index is 12.6. The molecule has 1 unspecified atom stereocenters. The van der Waals surface area contributed by atoms with E-state index in [0.717, 1.165) is 12.1 Å². The fraction of sp³-hybridized carbons (Fsp3) is 0.455. The van der Waals surface area contributed by atoms with Crippen molar-refractivity contribution in [2.45, 2.75) is 18.3 Å². The smallest absolute Gasteiger partial charge is 0.318 e. The summed E-state index contributed by atoms with van der Waals surface area (Å²) in [6, 6.07) is 2.56. The van der Waals surface area contributed by atoms with Crippen LogP contribution in [-0.2, 0) is 16.2 Å². The van der Waals surface area contributed by atoms with E-state index in [1.807, 2.05) is 0 Å². The van der Waals surface area contributed by atoms with Crippen molar-refractivity contribution in [3.63, 3.8) is 0 Å². The van der Waals surface area contributed by atoms with Crippen molar-refractivity contribution in [1.82, 2.24) is 5.32 Å². The lowest BCUT2D eigenvalue weighted by atomic mass is 10.2. The Hall–Kier alpha value is -0.990. The van der Waals surface area contributed by atoms with Gasteiger partial charge in [0.2, 0.25) is 10.0 Å². The van der Waals surface area contributed by atoms with E-state index in [9.17, 15) is 21.6 Å². The minimum atomic E-state index is -4.60. The summed E-state index contributed by atoms with van der Waals surface area (Å²) in [6.45, 7) is 1.61. The molecule has 0 radical (unpaired) electrons. The fourth-order valence-corrected chi connectivity index (χ4v) is 2.74. The summed E-state index contributed by atoms with van der Waals surface area (Å²) in [5.41, 5.74) is -1.23. The summed E-state index contributed by atoms with van der Waals surface area (Å²) < 4.78 is 63.7. The molecule has 0 saturated heterocycles. The third kappa shape index (κ3) is 4.53. The Bertz CT molecular complexity index is 576. The lowest BCUT2D eigenvalue weighted by molar-refractivity contribution is -0.137. The van der Waals surface area contributed by atoms with Gasteiger partial charge in [0.25, 0.3) is 0 Å². The monoisotopic (exact) mass is 330 g/mol. The molecule has 9 heteroatoms. The van der Waals surface area contributed by atoms with Crippen LogP contribution in [0.3, 0.4) is 0 Å². The molecule has 4 nitrogen and oxygen atoms in total. The first-order valence-corrected chi connectivity index (χ1v) is 7.52. The maximum atomic E-state index is 12.6. The van der Waals surface area contributed by atoms with Crippen molar-refractivity contribution in [3.05, 3.63) is 28.8 Å². The Balaban J connectivity index is 3.07. The predicted molar refractivity (Wildman–Crippen MR) is 72.4 cm³/mol. The lowest BCUT2D eigenvalue weighted by Gasteiger charge is -2.16. The van der Waals surface area contributed by atoms with E-state index in [2.05, 4.69) is 10.0 Å². The normalized spacial score (nSPS) is 14.1. The average molecular weight is 331 g/mol. The SMILES string of the molecule is CNCC(C)S(=O)(=O)Nc1cc(Cl)cc(C(F)(F)F)c1. The third-order valence-electron chi connectivity index (χ3n) is 2.51. The van der Waals surface area contributed by atoms with Crippen molar-refractivity contribution in [1.29, 1.82) is 0 Å². The summed E-state index contributed by atoms with van der Waals surface area (Å²) in [7, 11) is -2.22. The third-order valence-corrected chi connectivity index (χ3v) is 4.47. The molecular weight excluding hydrogens is 317 g/mol. The second-order valence-corrected chi connectivity index (χ2v) is 6.78. The molecule has 0 heterocycles. The lowest BCUT2D eigenvalue weighted by Crippen LogP contribution is -2.33. The second-order valence-electron chi connectivity index (χ2n) is 4.24. The molecule has 114 valence electrons. The van der Waals surface area contributed by atoms with Crippen LogP contribution in [0.2, 0.25) is 5.02 Å². The number of rotatable bonds is 5. The minimum Gasteiger partial charge on any atom is -0.318 e. The van der Waals surface area contributed by atoms with Gasteiger partial charge in [-0.25, -0.2) is 8.42 Å². The van der Waals surface area contributed by atoms with Crippen LogP contribution < -0.4 is 10.0 Å². The van der Waals surface area contributed by atoms with Crippen molar-refractivity contribution in [3.8, 4) is 0 Å². The van der Waals surface area contributed by atoms with E-state index in [-0.39, 0.29) is 17.3 Å². The molecule has 0 bridgehead atoms. The molecule has 0 aliphatic rings. The van der Waals surface area contributed by atoms with Crippen LogP contribution in [0.1, 0.15) is 12.5 Å². The van der Waals surface area contributed by atoms with Crippen LogP contribution in [0, 0.1) is 0 Å². The number of hydrogen-bond donors (Lipinski definition) is 2. The number of halogens is 4. The second kappa shape index (κ2) is 6.19. The van der Waals surface area contributed by atoms with E-state index < -0.39 is 27.0 Å². The van der Waals surface area contributed by atoms with E-state index in [4.69, 9.17) is 11.6 Å². The van der Waals surface area contributed by atoms with Gasteiger partial charge in [0.1, 0.15) is 0 Å².